The molecule has 0 aromatic heterocycles. The summed E-state index contributed by atoms with van der Waals surface area (Å²) in [5.74, 6) is -0.539. The Kier molecular flexibility index (Phi) is 3.36. The van der Waals surface area contributed by atoms with Crippen LogP contribution in [0.15, 0.2) is 48.5 Å². The number of anilines is 1. The zero-order valence-corrected chi connectivity index (χ0v) is 11.1. The lowest BCUT2D eigenvalue weighted by atomic mass is 10.0. The number of halogens is 3. The van der Waals surface area contributed by atoms with Crippen molar-refractivity contribution in [2.45, 2.75) is 6.36 Å². The molecule has 1 aliphatic rings. The minimum atomic E-state index is -4.72. The van der Waals surface area contributed by atoms with Crippen molar-refractivity contribution in [2.24, 2.45) is 0 Å². The molecule has 0 unspecified atom stereocenters. The van der Waals surface area contributed by atoms with E-state index in [1.54, 1.807) is 18.2 Å². The van der Waals surface area contributed by atoms with Crippen molar-refractivity contribution in [3.8, 4) is 5.75 Å². The highest BCUT2D eigenvalue weighted by Crippen LogP contribution is 2.33. The normalized spacial score (nSPS) is 15.6. The third kappa shape index (κ3) is 2.95. The van der Waals surface area contributed by atoms with Gasteiger partial charge in [0, 0.05) is 16.8 Å². The topological polar surface area (TPSA) is 38.3 Å². The van der Waals surface area contributed by atoms with E-state index >= 15 is 0 Å². The van der Waals surface area contributed by atoms with Crippen LogP contribution in [0.25, 0.3) is 11.6 Å². The number of carbonyl (C=O) groups is 1. The van der Waals surface area contributed by atoms with Crippen LogP contribution in [0.4, 0.5) is 18.9 Å². The van der Waals surface area contributed by atoms with Gasteiger partial charge < -0.3 is 10.1 Å². The summed E-state index contributed by atoms with van der Waals surface area (Å²) >= 11 is 0. The van der Waals surface area contributed by atoms with Gasteiger partial charge in [-0.1, -0.05) is 30.3 Å². The van der Waals surface area contributed by atoms with Crippen molar-refractivity contribution < 1.29 is 22.7 Å². The van der Waals surface area contributed by atoms with E-state index < -0.39 is 6.36 Å². The van der Waals surface area contributed by atoms with Gasteiger partial charge in [-0.05, 0) is 29.8 Å². The number of ether oxygens (including phenoxy) is 1. The maximum Gasteiger partial charge on any atom is 0.573 e. The Balaban J connectivity index is 1.88. The summed E-state index contributed by atoms with van der Waals surface area (Å²) < 4.78 is 40.1. The molecule has 1 heterocycles. The first-order chi connectivity index (χ1) is 10.4. The molecule has 0 saturated heterocycles. The van der Waals surface area contributed by atoms with Crippen molar-refractivity contribution >= 4 is 23.2 Å². The number of alkyl halides is 3. The molecule has 0 saturated carbocycles. The van der Waals surface area contributed by atoms with Gasteiger partial charge in [0.2, 0.25) is 0 Å². The second kappa shape index (κ2) is 5.22. The summed E-state index contributed by atoms with van der Waals surface area (Å²) in [6.45, 7) is 0. The fourth-order valence-corrected chi connectivity index (χ4v) is 2.21. The first-order valence-electron chi connectivity index (χ1n) is 6.41. The predicted molar refractivity (Wildman–Crippen MR) is 76.1 cm³/mol. The number of hydrogen-bond donors (Lipinski definition) is 1. The Morgan fingerprint density at radius 3 is 2.36 bits per heavy atom. The van der Waals surface area contributed by atoms with Crippen molar-refractivity contribution in [1.29, 1.82) is 0 Å². The van der Waals surface area contributed by atoms with E-state index in [0.717, 1.165) is 11.3 Å². The predicted octanol–water partition coefficient (Wildman–Crippen LogP) is 4.08. The number of carbonyl (C=O) groups excluding carboxylic acids is 1. The van der Waals surface area contributed by atoms with Gasteiger partial charge in [0.25, 0.3) is 5.91 Å². The van der Waals surface area contributed by atoms with Gasteiger partial charge in [-0.2, -0.15) is 0 Å². The lowest BCUT2D eigenvalue weighted by Crippen LogP contribution is -2.16. The van der Waals surface area contributed by atoms with E-state index in [1.165, 1.54) is 24.3 Å². The molecule has 1 amide bonds. The Morgan fingerprint density at radius 2 is 1.68 bits per heavy atom. The lowest BCUT2D eigenvalue weighted by molar-refractivity contribution is -0.274. The number of fused-ring (bicyclic) bond motifs is 1. The van der Waals surface area contributed by atoms with Crippen LogP contribution >= 0.6 is 0 Å². The van der Waals surface area contributed by atoms with E-state index in [0.29, 0.717) is 11.1 Å². The van der Waals surface area contributed by atoms with E-state index in [4.69, 9.17) is 0 Å². The number of rotatable bonds is 2. The molecule has 0 atom stereocenters. The van der Waals surface area contributed by atoms with Crippen LogP contribution in [0.1, 0.15) is 11.1 Å². The molecule has 0 spiro atoms. The lowest BCUT2D eigenvalue weighted by Gasteiger charge is -2.08. The molecular formula is C16H10F3NO2. The molecule has 22 heavy (non-hydrogen) atoms. The van der Waals surface area contributed by atoms with Gasteiger partial charge in [0.05, 0.1) is 0 Å². The third-order valence-corrected chi connectivity index (χ3v) is 3.13. The molecule has 2 aromatic rings. The second-order valence-electron chi connectivity index (χ2n) is 4.67. The van der Waals surface area contributed by atoms with E-state index in [-0.39, 0.29) is 11.7 Å². The summed E-state index contributed by atoms with van der Waals surface area (Å²) in [6.07, 6.45) is -3.09. The molecule has 1 N–H and O–H groups in total. The highest BCUT2D eigenvalue weighted by molar-refractivity contribution is 6.34. The summed E-state index contributed by atoms with van der Waals surface area (Å²) in [5, 5.41) is 2.73. The van der Waals surface area contributed by atoms with Crippen LogP contribution in [0.5, 0.6) is 5.75 Å². The molecule has 6 heteroatoms. The Labute approximate surface area is 124 Å². The zero-order chi connectivity index (χ0) is 15.7. The fraction of sp³-hybridized carbons (Fsp3) is 0.0625. The van der Waals surface area contributed by atoms with Crippen LogP contribution < -0.4 is 10.1 Å². The molecular weight excluding hydrogens is 295 g/mol. The van der Waals surface area contributed by atoms with Gasteiger partial charge in [0.1, 0.15) is 5.75 Å². The summed E-state index contributed by atoms with van der Waals surface area (Å²) in [7, 11) is 0. The van der Waals surface area contributed by atoms with Crippen LogP contribution in [-0.4, -0.2) is 12.3 Å². The molecule has 112 valence electrons. The number of benzene rings is 2. The highest BCUT2D eigenvalue weighted by Gasteiger charge is 2.31. The van der Waals surface area contributed by atoms with Crippen molar-refractivity contribution in [2.75, 3.05) is 5.32 Å². The first kappa shape index (κ1) is 14.2. The van der Waals surface area contributed by atoms with Gasteiger partial charge >= 0.3 is 6.36 Å². The molecule has 0 radical (unpaired) electrons. The van der Waals surface area contributed by atoms with Crippen molar-refractivity contribution in [3.63, 3.8) is 0 Å². The molecule has 2 aromatic carbocycles. The fourth-order valence-electron chi connectivity index (χ4n) is 2.21. The van der Waals surface area contributed by atoms with Gasteiger partial charge in [-0.25, -0.2) is 0 Å². The maximum absolute atomic E-state index is 12.1. The standard InChI is InChI=1S/C16H10F3NO2/c17-16(18,19)22-11-7-5-10(6-8-11)9-13-12-3-1-2-4-14(12)20-15(13)21/h1-9H,(H,20,21)/b13-9-. The average molecular weight is 305 g/mol. The number of amides is 1. The molecule has 0 fully saturated rings. The molecule has 3 rings (SSSR count). The van der Waals surface area contributed by atoms with Gasteiger partial charge in [-0.3, -0.25) is 4.79 Å². The zero-order valence-electron chi connectivity index (χ0n) is 11.1. The number of hydrogen-bond acceptors (Lipinski definition) is 2. The van der Waals surface area contributed by atoms with Gasteiger partial charge in [-0.15, -0.1) is 13.2 Å². The Bertz CT molecular complexity index is 749. The number of para-hydroxylation sites is 1. The summed E-state index contributed by atoms with van der Waals surface area (Å²) in [4.78, 5) is 11.9. The molecule has 1 aliphatic heterocycles. The second-order valence-corrected chi connectivity index (χ2v) is 4.67. The van der Waals surface area contributed by atoms with Crippen LogP contribution in [0.2, 0.25) is 0 Å². The van der Waals surface area contributed by atoms with E-state index in [9.17, 15) is 18.0 Å². The quantitative estimate of drug-likeness (QED) is 0.849. The van der Waals surface area contributed by atoms with Crippen LogP contribution in [0, 0.1) is 0 Å². The Hall–Kier alpha value is -2.76. The molecule has 0 aliphatic carbocycles. The minimum absolute atomic E-state index is 0.239. The molecule has 0 bridgehead atoms. The Morgan fingerprint density at radius 1 is 1.00 bits per heavy atom. The monoisotopic (exact) mass is 305 g/mol. The third-order valence-electron chi connectivity index (χ3n) is 3.13. The smallest absolute Gasteiger partial charge is 0.406 e. The van der Waals surface area contributed by atoms with Crippen molar-refractivity contribution in [3.05, 3.63) is 59.7 Å². The first-order valence-corrected chi connectivity index (χ1v) is 6.41. The highest BCUT2D eigenvalue weighted by atomic mass is 19.4. The SMILES string of the molecule is O=C1Nc2ccccc2/C1=C/c1ccc(OC(F)(F)F)cc1. The van der Waals surface area contributed by atoms with E-state index in [2.05, 4.69) is 10.1 Å². The summed E-state index contributed by atoms with van der Waals surface area (Å²) in [5.41, 5.74) is 2.57. The average Bonchev–Trinajstić information content (AvgIpc) is 2.76. The number of nitrogens with one attached hydrogen (secondary N) is 1. The maximum atomic E-state index is 12.1. The summed E-state index contributed by atoms with van der Waals surface area (Å²) in [6, 6.07) is 12.6. The van der Waals surface area contributed by atoms with Gasteiger partial charge in [0.15, 0.2) is 0 Å². The largest absolute Gasteiger partial charge is 0.573 e. The minimum Gasteiger partial charge on any atom is -0.406 e. The van der Waals surface area contributed by atoms with Crippen LogP contribution in [0.3, 0.4) is 0 Å². The van der Waals surface area contributed by atoms with E-state index in [1.807, 2.05) is 12.1 Å². The molecule has 3 nitrogen and oxygen atoms in total. The van der Waals surface area contributed by atoms with Crippen LogP contribution in [-0.2, 0) is 4.79 Å². The van der Waals surface area contributed by atoms with Crippen molar-refractivity contribution in [1.82, 2.24) is 0 Å².